The summed E-state index contributed by atoms with van der Waals surface area (Å²) in [6.07, 6.45) is 0. The lowest BCUT2D eigenvalue weighted by molar-refractivity contribution is -0.114. The van der Waals surface area contributed by atoms with Gasteiger partial charge in [-0.25, -0.2) is 5.84 Å². The Kier molecular flexibility index (Phi) is 3.62. The molecule has 4 nitrogen and oxygen atoms in total. The van der Waals surface area contributed by atoms with Crippen molar-refractivity contribution in [1.82, 2.24) is 5.43 Å². The number of carbonyl (C=O) groups excluding carboxylic acids is 1. The zero-order valence-corrected chi connectivity index (χ0v) is 5.64. The minimum Gasteiger partial charge on any atom is -0.289 e. The van der Waals surface area contributed by atoms with Crippen LogP contribution >= 0.6 is 0 Å². The maximum atomic E-state index is 10.5. The molecule has 0 unspecified atom stereocenters. The molecule has 0 fully saturated rings. The van der Waals surface area contributed by atoms with Crippen LogP contribution in [0, 0.1) is 0 Å². The first-order valence-corrected chi connectivity index (χ1v) is 2.74. The Bertz CT molecular complexity index is 130. The fourth-order valence-corrected chi connectivity index (χ4v) is 0.413. The molecule has 0 spiro atoms. The molecule has 1 amide bonds. The Morgan fingerprint density at radius 2 is 2.33 bits per heavy atom. The van der Waals surface area contributed by atoms with Gasteiger partial charge >= 0.3 is 0 Å². The van der Waals surface area contributed by atoms with Crippen molar-refractivity contribution in [2.24, 2.45) is 10.8 Å². The van der Waals surface area contributed by atoms with Crippen LogP contribution in [0.3, 0.4) is 0 Å². The van der Waals surface area contributed by atoms with Crippen molar-refractivity contribution in [3.05, 3.63) is 0 Å². The van der Waals surface area contributed by atoms with E-state index in [-0.39, 0.29) is 5.91 Å². The molecule has 0 aliphatic rings. The van der Waals surface area contributed by atoms with E-state index in [0.29, 0.717) is 12.3 Å². The zero-order chi connectivity index (χ0) is 7.28. The summed E-state index contributed by atoms with van der Waals surface area (Å²) in [6, 6.07) is 0. The summed E-state index contributed by atoms with van der Waals surface area (Å²) >= 11 is 0. The van der Waals surface area contributed by atoms with Gasteiger partial charge in [-0.15, -0.1) is 0 Å². The number of amides is 1. The number of nitrogens with zero attached hydrogens (tertiary/aromatic N) is 1. The van der Waals surface area contributed by atoms with Crippen molar-refractivity contribution in [3.8, 4) is 0 Å². The van der Waals surface area contributed by atoms with E-state index in [1.807, 2.05) is 12.3 Å². The smallest absolute Gasteiger partial charge is 0.278 e. The molecule has 0 aliphatic heterocycles. The SMILES string of the molecule is CCN=C(C)C(=O)NN. The molecular formula is C5H11N3O. The highest BCUT2D eigenvalue weighted by Crippen LogP contribution is 1.75. The van der Waals surface area contributed by atoms with E-state index in [9.17, 15) is 4.79 Å². The van der Waals surface area contributed by atoms with Gasteiger partial charge in [-0.3, -0.25) is 15.2 Å². The third kappa shape index (κ3) is 2.81. The zero-order valence-electron chi connectivity index (χ0n) is 5.64. The van der Waals surface area contributed by atoms with E-state index in [4.69, 9.17) is 5.84 Å². The molecule has 0 aromatic carbocycles. The van der Waals surface area contributed by atoms with Gasteiger partial charge < -0.3 is 0 Å². The third-order valence-electron chi connectivity index (χ3n) is 0.855. The van der Waals surface area contributed by atoms with Gasteiger partial charge in [0, 0.05) is 6.54 Å². The lowest BCUT2D eigenvalue weighted by atomic mass is 10.4. The van der Waals surface area contributed by atoms with E-state index in [2.05, 4.69) is 4.99 Å². The van der Waals surface area contributed by atoms with E-state index in [1.165, 1.54) is 0 Å². The molecular weight excluding hydrogens is 118 g/mol. The molecule has 0 saturated carbocycles. The minimum atomic E-state index is -0.322. The third-order valence-corrected chi connectivity index (χ3v) is 0.855. The summed E-state index contributed by atoms with van der Waals surface area (Å²) in [5.41, 5.74) is 2.40. The average Bonchev–Trinajstić information content (AvgIpc) is 1.87. The van der Waals surface area contributed by atoms with Gasteiger partial charge in [0.2, 0.25) is 0 Å². The van der Waals surface area contributed by atoms with E-state index in [1.54, 1.807) is 6.92 Å². The highest BCUT2D eigenvalue weighted by Gasteiger charge is 1.99. The molecule has 0 rings (SSSR count). The number of hydrazine groups is 1. The number of nitrogens with one attached hydrogen (secondary N) is 1. The Morgan fingerprint density at radius 3 is 2.67 bits per heavy atom. The van der Waals surface area contributed by atoms with Crippen LogP contribution < -0.4 is 11.3 Å². The topological polar surface area (TPSA) is 67.5 Å². The average molecular weight is 129 g/mol. The van der Waals surface area contributed by atoms with Gasteiger partial charge in [0.05, 0.1) is 5.71 Å². The van der Waals surface area contributed by atoms with Crippen LogP contribution in [0.15, 0.2) is 4.99 Å². The summed E-state index contributed by atoms with van der Waals surface area (Å²) in [7, 11) is 0. The second kappa shape index (κ2) is 4.03. The first kappa shape index (κ1) is 8.10. The Hall–Kier alpha value is -0.900. The molecule has 0 aliphatic carbocycles. The number of carbonyl (C=O) groups is 1. The largest absolute Gasteiger partial charge is 0.289 e. The highest BCUT2D eigenvalue weighted by atomic mass is 16.2. The Morgan fingerprint density at radius 1 is 1.78 bits per heavy atom. The van der Waals surface area contributed by atoms with Crippen LogP contribution in [0.1, 0.15) is 13.8 Å². The van der Waals surface area contributed by atoms with Crippen molar-refractivity contribution in [1.29, 1.82) is 0 Å². The van der Waals surface area contributed by atoms with Gasteiger partial charge in [0.15, 0.2) is 0 Å². The summed E-state index contributed by atoms with van der Waals surface area (Å²) in [5, 5.41) is 0. The summed E-state index contributed by atoms with van der Waals surface area (Å²) in [4.78, 5) is 14.4. The number of rotatable bonds is 2. The van der Waals surface area contributed by atoms with Crippen molar-refractivity contribution in [2.75, 3.05) is 6.54 Å². The quantitative estimate of drug-likeness (QED) is 0.227. The maximum Gasteiger partial charge on any atom is 0.278 e. The predicted molar refractivity (Wildman–Crippen MR) is 36.0 cm³/mol. The van der Waals surface area contributed by atoms with Crippen LogP contribution in [0.2, 0.25) is 0 Å². The molecule has 0 heterocycles. The molecule has 52 valence electrons. The van der Waals surface area contributed by atoms with Gasteiger partial charge in [0.25, 0.3) is 5.91 Å². The first-order chi connectivity index (χ1) is 4.22. The molecule has 0 bridgehead atoms. The summed E-state index contributed by atoms with van der Waals surface area (Å²) < 4.78 is 0. The van der Waals surface area contributed by atoms with Crippen LogP contribution in [0.25, 0.3) is 0 Å². The number of aliphatic imine (C=N–C) groups is 1. The number of hydrogen-bond donors (Lipinski definition) is 2. The fourth-order valence-electron chi connectivity index (χ4n) is 0.413. The van der Waals surface area contributed by atoms with E-state index < -0.39 is 0 Å². The molecule has 3 N–H and O–H groups in total. The van der Waals surface area contributed by atoms with Gasteiger partial charge in [-0.2, -0.15) is 0 Å². The second-order valence-electron chi connectivity index (χ2n) is 1.53. The van der Waals surface area contributed by atoms with E-state index >= 15 is 0 Å². The first-order valence-electron chi connectivity index (χ1n) is 2.74. The number of nitrogens with two attached hydrogens (primary N) is 1. The van der Waals surface area contributed by atoms with Crippen molar-refractivity contribution in [2.45, 2.75) is 13.8 Å². The molecule has 0 saturated heterocycles. The van der Waals surface area contributed by atoms with Crippen LogP contribution in [0.5, 0.6) is 0 Å². The molecule has 0 aromatic rings. The lowest BCUT2D eigenvalue weighted by Crippen LogP contribution is -2.35. The minimum absolute atomic E-state index is 0.322. The predicted octanol–water partition coefficient (Wildman–Crippen LogP) is -0.543. The van der Waals surface area contributed by atoms with Crippen LogP contribution in [-0.2, 0) is 4.79 Å². The normalized spacial score (nSPS) is 11.2. The second-order valence-corrected chi connectivity index (χ2v) is 1.53. The van der Waals surface area contributed by atoms with Crippen molar-refractivity contribution < 1.29 is 4.79 Å². The standard InChI is InChI=1S/C5H11N3O/c1-3-7-4(2)5(9)8-6/h3,6H2,1-2H3,(H,8,9). The van der Waals surface area contributed by atoms with Crippen LogP contribution in [-0.4, -0.2) is 18.2 Å². The molecule has 4 heteroatoms. The fraction of sp³-hybridized carbons (Fsp3) is 0.600. The highest BCUT2D eigenvalue weighted by molar-refractivity contribution is 6.37. The number of hydrogen-bond acceptors (Lipinski definition) is 3. The van der Waals surface area contributed by atoms with Crippen LogP contribution in [0.4, 0.5) is 0 Å². The van der Waals surface area contributed by atoms with Gasteiger partial charge in [0.1, 0.15) is 0 Å². The van der Waals surface area contributed by atoms with Gasteiger partial charge in [-0.1, -0.05) is 0 Å². The van der Waals surface area contributed by atoms with Crippen molar-refractivity contribution in [3.63, 3.8) is 0 Å². The maximum absolute atomic E-state index is 10.5. The van der Waals surface area contributed by atoms with Crippen molar-refractivity contribution >= 4 is 11.6 Å². The Balaban J connectivity index is 3.86. The summed E-state index contributed by atoms with van der Waals surface area (Å²) in [5.74, 6) is 4.50. The monoisotopic (exact) mass is 129 g/mol. The molecule has 0 radical (unpaired) electrons. The molecule has 0 aromatic heterocycles. The van der Waals surface area contributed by atoms with Gasteiger partial charge in [-0.05, 0) is 13.8 Å². The summed E-state index contributed by atoms with van der Waals surface area (Å²) in [6.45, 7) is 4.08. The lowest BCUT2D eigenvalue weighted by Gasteiger charge is -1.94. The van der Waals surface area contributed by atoms with E-state index in [0.717, 1.165) is 0 Å². The Labute approximate surface area is 54.1 Å². The molecule has 9 heavy (non-hydrogen) atoms. The molecule has 0 atom stereocenters.